The van der Waals surface area contributed by atoms with Crippen LogP contribution < -0.4 is 10.6 Å². The fourth-order valence-electron chi connectivity index (χ4n) is 1.63. The van der Waals surface area contributed by atoms with Crippen molar-refractivity contribution in [2.75, 3.05) is 32.5 Å². The van der Waals surface area contributed by atoms with Gasteiger partial charge in [-0.15, -0.1) is 0 Å². The number of nitrogens with zero attached hydrogens (tertiary/aromatic N) is 1. The Morgan fingerprint density at radius 1 is 1.09 bits per heavy atom. The summed E-state index contributed by atoms with van der Waals surface area (Å²) in [4.78, 5) is 26.4. The van der Waals surface area contributed by atoms with Gasteiger partial charge in [0.2, 0.25) is 11.8 Å². The van der Waals surface area contributed by atoms with Gasteiger partial charge in [-0.1, -0.05) is 23.2 Å². The number of rotatable bonds is 6. The quantitative estimate of drug-likeness (QED) is 0.779. The van der Waals surface area contributed by atoms with E-state index in [1.165, 1.54) is 0 Å². The number of hydrogen-bond acceptors (Lipinski definition) is 3. The minimum atomic E-state index is -1.21. The predicted octanol–water partition coefficient (Wildman–Crippen LogP) is 2.64. The molecule has 0 aliphatic carbocycles. The summed E-state index contributed by atoms with van der Waals surface area (Å²) < 4.78 is 0. The zero-order valence-electron chi connectivity index (χ0n) is 13.2. The highest BCUT2D eigenvalue weighted by Crippen LogP contribution is 2.25. The first-order valence-electron chi connectivity index (χ1n) is 6.83. The molecule has 0 spiro atoms. The normalized spacial score (nSPS) is 11.4. The summed E-state index contributed by atoms with van der Waals surface area (Å²) in [7, 11) is 3.82. The van der Waals surface area contributed by atoms with Gasteiger partial charge in [0, 0.05) is 28.8 Å². The number of halogens is 2. The van der Waals surface area contributed by atoms with E-state index in [0.717, 1.165) is 0 Å². The summed E-state index contributed by atoms with van der Waals surface area (Å²) in [5.41, 5.74) is -0.752. The molecular formula is C15H21Cl2N3O2. The maximum Gasteiger partial charge on any atom is 0.239 e. The molecular weight excluding hydrogens is 325 g/mol. The lowest BCUT2D eigenvalue weighted by Gasteiger charge is -2.23. The minimum Gasteiger partial charge on any atom is -0.354 e. The second-order valence-electron chi connectivity index (χ2n) is 5.80. The monoisotopic (exact) mass is 345 g/mol. The number of benzene rings is 1. The smallest absolute Gasteiger partial charge is 0.239 e. The van der Waals surface area contributed by atoms with E-state index in [1.54, 1.807) is 32.0 Å². The maximum atomic E-state index is 12.3. The topological polar surface area (TPSA) is 61.4 Å². The molecule has 1 aromatic rings. The molecule has 122 valence electrons. The average molecular weight is 346 g/mol. The van der Waals surface area contributed by atoms with E-state index in [2.05, 4.69) is 10.6 Å². The molecule has 0 aromatic heterocycles. The zero-order chi connectivity index (χ0) is 16.9. The van der Waals surface area contributed by atoms with Crippen LogP contribution in [0.4, 0.5) is 5.69 Å². The van der Waals surface area contributed by atoms with Gasteiger partial charge in [-0.2, -0.15) is 0 Å². The number of likely N-dealkylation sites (N-methyl/N-ethyl adjacent to an activating group) is 1. The van der Waals surface area contributed by atoms with Crippen LogP contribution in [0.15, 0.2) is 18.2 Å². The molecule has 5 nitrogen and oxygen atoms in total. The molecule has 0 aliphatic rings. The number of anilines is 1. The summed E-state index contributed by atoms with van der Waals surface area (Å²) in [5, 5.41) is 6.24. The summed E-state index contributed by atoms with van der Waals surface area (Å²) in [6.45, 7) is 4.32. The fraction of sp³-hybridized carbons (Fsp3) is 0.467. The van der Waals surface area contributed by atoms with E-state index in [1.807, 2.05) is 19.0 Å². The van der Waals surface area contributed by atoms with Crippen molar-refractivity contribution in [3.8, 4) is 0 Å². The van der Waals surface area contributed by atoms with Crippen LogP contribution in [0.2, 0.25) is 10.0 Å². The van der Waals surface area contributed by atoms with Gasteiger partial charge in [0.05, 0.1) is 0 Å². The molecule has 0 fully saturated rings. The second kappa shape index (κ2) is 7.81. The SMILES string of the molecule is CN(C)CCNC(=O)C(C)(C)C(=O)Nc1cc(Cl)cc(Cl)c1. The summed E-state index contributed by atoms with van der Waals surface area (Å²) >= 11 is 11.8. The van der Waals surface area contributed by atoms with E-state index < -0.39 is 11.3 Å². The average Bonchev–Trinajstić information content (AvgIpc) is 2.36. The Kier molecular flexibility index (Phi) is 6.66. The Bertz CT molecular complexity index is 539. The largest absolute Gasteiger partial charge is 0.354 e. The lowest BCUT2D eigenvalue weighted by atomic mass is 9.91. The minimum absolute atomic E-state index is 0.333. The van der Waals surface area contributed by atoms with Gasteiger partial charge in [-0.25, -0.2) is 0 Å². The van der Waals surface area contributed by atoms with Gasteiger partial charge in [0.1, 0.15) is 5.41 Å². The number of nitrogens with one attached hydrogen (secondary N) is 2. The highest BCUT2D eigenvalue weighted by atomic mass is 35.5. The fourth-order valence-corrected chi connectivity index (χ4v) is 2.16. The van der Waals surface area contributed by atoms with Crippen LogP contribution in [0, 0.1) is 5.41 Å². The van der Waals surface area contributed by atoms with Crippen LogP contribution in [0.3, 0.4) is 0 Å². The molecule has 1 rings (SSSR count). The number of carbonyl (C=O) groups excluding carboxylic acids is 2. The van der Waals surface area contributed by atoms with Crippen molar-refractivity contribution in [1.82, 2.24) is 10.2 Å². The molecule has 0 heterocycles. The van der Waals surface area contributed by atoms with Crippen LogP contribution >= 0.6 is 23.2 Å². The van der Waals surface area contributed by atoms with Crippen molar-refractivity contribution in [3.05, 3.63) is 28.2 Å². The Hall–Kier alpha value is -1.30. The lowest BCUT2D eigenvalue weighted by molar-refractivity contribution is -0.138. The Balaban J connectivity index is 2.70. The Morgan fingerprint density at radius 2 is 1.64 bits per heavy atom. The summed E-state index contributed by atoms with van der Waals surface area (Å²) in [6.07, 6.45) is 0. The number of amides is 2. The molecule has 1 aromatic carbocycles. The molecule has 0 radical (unpaired) electrons. The molecule has 0 aliphatic heterocycles. The van der Waals surface area contributed by atoms with Crippen molar-refractivity contribution >= 4 is 40.7 Å². The molecule has 0 atom stereocenters. The van der Waals surface area contributed by atoms with Crippen molar-refractivity contribution < 1.29 is 9.59 Å². The van der Waals surface area contributed by atoms with Crippen LogP contribution in [0.1, 0.15) is 13.8 Å². The van der Waals surface area contributed by atoms with Gasteiger partial charge in [0.15, 0.2) is 0 Å². The standard InChI is InChI=1S/C15H21Cl2N3O2/c1-15(2,13(21)18-5-6-20(3)4)14(22)19-12-8-10(16)7-11(17)9-12/h7-9H,5-6H2,1-4H3,(H,18,21)(H,19,22). The molecule has 22 heavy (non-hydrogen) atoms. The third kappa shape index (κ3) is 5.48. The van der Waals surface area contributed by atoms with Crippen LogP contribution in [0.25, 0.3) is 0 Å². The first-order chi connectivity index (χ1) is 10.1. The van der Waals surface area contributed by atoms with Crippen molar-refractivity contribution in [2.24, 2.45) is 5.41 Å². The summed E-state index contributed by atoms with van der Waals surface area (Å²) in [6, 6.07) is 4.72. The third-order valence-corrected chi connectivity index (χ3v) is 3.54. The van der Waals surface area contributed by atoms with E-state index >= 15 is 0 Å². The van der Waals surface area contributed by atoms with Crippen LogP contribution in [0.5, 0.6) is 0 Å². The zero-order valence-corrected chi connectivity index (χ0v) is 14.7. The molecule has 2 amide bonds. The van der Waals surface area contributed by atoms with Gasteiger partial charge in [-0.3, -0.25) is 9.59 Å². The number of carbonyl (C=O) groups is 2. The van der Waals surface area contributed by atoms with Crippen molar-refractivity contribution in [2.45, 2.75) is 13.8 Å². The molecule has 0 unspecified atom stereocenters. The molecule has 2 N–H and O–H groups in total. The third-order valence-electron chi connectivity index (χ3n) is 3.10. The molecule has 0 saturated heterocycles. The molecule has 0 saturated carbocycles. The Morgan fingerprint density at radius 3 is 2.14 bits per heavy atom. The maximum absolute atomic E-state index is 12.3. The van der Waals surface area contributed by atoms with E-state index in [9.17, 15) is 9.59 Å². The first-order valence-corrected chi connectivity index (χ1v) is 7.59. The van der Waals surface area contributed by atoms with Gasteiger partial charge < -0.3 is 15.5 Å². The summed E-state index contributed by atoms with van der Waals surface area (Å²) in [5.74, 6) is -0.756. The second-order valence-corrected chi connectivity index (χ2v) is 6.67. The van der Waals surface area contributed by atoms with Crippen LogP contribution in [-0.4, -0.2) is 43.9 Å². The van der Waals surface area contributed by atoms with E-state index in [-0.39, 0.29) is 5.91 Å². The van der Waals surface area contributed by atoms with Crippen molar-refractivity contribution in [1.29, 1.82) is 0 Å². The highest BCUT2D eigenvalue weighted by molar-refractivity contribution is 6.35. The first kappa shape index (κ1) is 18.7. The molecule has 0 bridgehead atoms. The number of hydrogen-bond donors (Lipinski definition) is 2. The van der Waals surface area contributed by atoms with Crippen molar-refractivity contribution in [3.63, 3.8) is 0 Å². The van der Waals surface area contributed by atoms with Gasteiger partial charge in [-0.05, 0) is 46.1 Å². The molecule has 7 heteroatoms. The Labute approximate surface area is 141 Å². The predicted molar refractivity (Wildman–Crippen MR) is 90.4 cm³/mol. The van der Waals surface area contributed by atoms with E-state index in [4.69, 9.17) is 23.2 Å². The van der Waals surface area contributed by atoms with Gasteiger partial charge >= 0.3 is 0 Å². The van der Waals surface area contributed by atoms with Crippen LogP contribution in [-0.2, 0) is 9.59 Å². The highest BCUT2D eigenvalue weighted by Gasteiger charge is 2.35. The van der Waals surface area contributed by atoms with Gasteiger partial charge in [0.25, 0.3) is 0 Å². The van der Waals surface area contributed by atoms with E-state index in [0.29, 0.717) is 28.8 Å². The lowest BCUT2D eigenvalue weighted by Crippen LogP contribution is -2.46.